The molecule has 1 unspecified atom stereocenters. The normalized spacial score (nSPS) is 12.1. The summed E-state index contributed by atoms with van der Waals surface area (Å²) in [6, 6.07) is 3.10. The number of nitrogens with zero attached hydrogens (tertiary/aromatic N) is 3. The molecular weight excluding hydrogens is 294 g/mol. The molecule has 0 aromatic carbocycles. The van der Waals surface area contributed by atoms with Crippen LogP contribution in [0.1, 0.15) is 30.7 Å². The van der Waals surface area contributed by atoms with Crippen LogP contribution in [0, 0.1) is 10.1 Å². The Labute approximate surface area is 125 Å². The Morgan fingerprint density at radius 2 is 2.33 bits per heavy atom. The van der Waals surface area contributed by atoms with Gasteiger partial charge in [-0.15, -0.1) is 11.3 Å². The molecule has 2 rings (SSSR count). The van der Waals surface area contributed by atoms with Gasteiger partial charge in [0.1, 0.15) is 23.9 Å². The van der Waals surface area contributed by atoms with E-state index in [0.717, 1.165) is 5.01 Å². The minimum Gasteiger partial charge on any atom is -0.479 e. The molecule has 0 spiro atoms. The standard InChI is InChI=1S/C13H15N3O4S/c1-3-19-9(2)13-15-10(8-21-13)7-20-11-5-4-6-14-12(11)16(17)18/h4-6,8-9H,3,7H2,1-2H3. The minimum absolute atomic E-state index is 0.0681. The third-order valence-electron chi connectivity index (χ3n) is 2.63. The van der Waals surface area contributed by atoms with E-state index in [-0.39, 0.29) is 24.3 Å². The Morgan fingerprint density at radius 1 is 1.52 bits per heavy atom. The summed E-state index contributed by atoms with van der Waals surface area (Å²) in [6.07, 6.45) is 1.29. The molecule has 0 fully saturated rings. The monoisotopic (exact) mass is 309 g/mol. The highest BCUT2D eigenvalue weighted by molar-refractivity contribution is 7.09. The number of aromatic nitrogens is 2. The van der Waals surface area contributed by atoms with Gasteiger partial charge >= 0.3 is 5.82 Å². The maximum Gasteiger partial charge on any atom is 0.406 e. The van der Waals surface area contributed by atoms with Gasteiger partial charge in [0.05, 0.1) is 5.69 Å². The molecule has 2 heterocycles. The number of ether oxygens (including phenoxy) is 2. The Hall–Kier alpha value is -2.06. The second kappa shape index (κ2) is 7.09. The molecule has 2 aromatic rings. The quantitative estimate of drug-likeness (QED) is 0.577. The molecule has 0 N–H and O–H groups in total. The van der Waals surface area contributed by atoms with E-state index in [4.69, 9.17) is 9.47 Å². The van der Waals surface area contributed by atoms with Gasteiger partial charge < -0.3 is 19.6 Å². The van der Waals surface area contributed by atoms with Crippen LogP contribution in [0.4, 0.5) is 5.82 Å². The number of hydrogen-bond acceptors (Lipinski definition) is 7. The molecule has 0 aliphatic carbocycles. The van der Waals surface area contributed by atoms with Crippen molar-refractivity contribution in [1.82, 2.24) is 9.97 Å². The van der Waals surface area contributed by atoms with E-state index in [9.17, 15) is 10.1 Å². The summed E-state index contributed by atoms with van der Waals surface area (Å²) in [6.45, 7) is 4.63. The maximum absolute atomic E-state index is 10.8. The lowest BCUT2D eigenvalue weighted by molar-refractivity contribution is -0.390. The van der Waals surface area contributed by atoms with E-state index in [1.807, 2.05) is 19.2 Å². The first-order valence-electron chi connectivity index (χ1n) is 6.40. The molecule has 21 heavy (non-hydrogen) atoms. The number of hydrogen-bond donors (Lipinski definition) is 0. The lowest BCUT2D eigenvalue weighted by Gasteiger charge is -2.07. The van der Waals surface area contributed by atoms with Gasteiger partial charge in [0.25, 0.3) is 0 Å². The third-order valence-corrected chi connectivity index (χ3v) is 3.69. The van der Waals surface area contributed by atoms with E-state index < -0.39 is 4.92 Å². The SMILES string of the molecule is CCOC(C)c1nc(COc2cccnc2[N+](=O)[O-])cs1. The van der Waals surface area contributed by atoms with Gasteiger partial charge in [-0.2, -0.15) is 0 Å². The maximum atomic E-state index is 10.8. The van der Waals surface area contributed by atoms with E-state index in [1.54, 1.807) is 6.07 Å². The Bertz CT molecular complexity index is 617. The lowest BCUT2D eigenvalue weighted by atomic mass is 10.4. The van der Waals surface area contributed by atoms with Gasteiger partial charge in [0.15, 0.2) is 0 Å². The predicted molar refractivity (Wildman–Crippen MR) is 77.4 cm³/mol. The van der Waals surface area contributed by atoms with Crippen LogP contribution in [0.3, 0.4) is 0 Å². The van der Waals surface area contributed by atoms with Crippen molar-refractivity contribution in [3.05, 3.63) is 44.5 Å². The van der Waals surface area contributed by atoms with Crippen molar-refractivity contribution >= 4 is 17.2 Å². The van der Waals surface area contributed by atoms with Crippen molar-refractivity contribution in [3.63, 3.8) is 0 Å². The van der Waals surface area contributed by atoms with Crippen LogP contribution in [0.5, 0.6) is 5.75 Å². The van der Waals surface area contributed by atoms with E-state index in [1.165, 1.54) is 23.6 Å². The molecule has 0 saturated carbocycles. The zero-order valence-electron chi connectivity index (χ0n) is 11.7. The fourth-order valence-electron chi connectivity index (χ4n) is 1.68. The van der Waals surface area contributed by atoms with Crippen LogP contribution >= 0.6 is 11.3 Å². The summed E-state index contributed by atoms with van der Waals surface area (Å²) in [4.78, 5) is 18.3. The summed E-state index contributed by atoms with van der Waals surface area (Å²) in [5.74, 6) is -0.162. The molecule has 8 heteroatoms. The largest absolute Gasteiger partial charge is 0.479 e. The van der Waals surface area contributed by atoms with Gasteiger partial charge in [0, 0.05) is 12.0 Å². The van der Waals surface area contributed by atoms with E-state index >= 15 is 0 Å². The van der Waals surface area contributed by atoms with Gasteiger partial charge in [0.2, 0.25) is 5.75 Å². The van der Waals surface area contributed by atoms with Crippen LogP contribution in [0.25, 0.3) is 0 Å². The molecule has 0 radical (unpaired) electrons. The summed E-state index contributed by atoms with van der Waals surface area (Å²) in [7, 11) is 0. The molecule has 0 aliphatic heterocycles. The van der Waals surface area contributed by atoms with Crippen molar-refractivity contribution < 1.29 is 14.4 Å². The Balaban J connectivity index is 2.02. The zero-order chi connectivity index (χ0) is 15.2. The second-order valence-corrected chi connectivity index (χ2v) is 5.04. The summed E-state index contributed by atoms with van der Waals surface area (Å²) < 4.78 is 10.9. The fraction of sp³-hybridized carbons (Fsp3) is 0.385. The Morgan fingerprint density at radius 3 is 3.05 bits per heavy atom. The van der Waals surface area contributed by atoms with Gasteiger partial charge in [-0.25, -0.2) is 4.98 Å². The summed E-state index contributed by atoms with van der Waals surface area (Å²) >= 11 is 1.48. The molecule has 0 aliphatic rings. The van der Waals surface area contributed by atoms with Crippen molar-refractivity contribution in [2.24, 2.45) is 0 Å². The summed E-state index contributed by atoms with van der Waals surface area (Å²) in [5.41, 5.74) is 0.708. The molecular formula is C13H15N3O4S. The average Bonchev–Trinajstić information content (AvgIpc) is 2.94. The molecule has 0 bridgehead atoms. The smallest absolute Gasteiger partial charge is 0.406 e. The van der Waals surface area contributed by atoms with Gasteiger partial charge in [-0.3, -0.25) is 0 Å². The second-order valence-electron chi connectivity index (χ2n) is 4.15. The highest BCUT2D eigenvalue weighted by atomic mass is 32.1. The van der Waals surface area contributed by atoms with E-state index in [0.29, 0.717) is 12.3 Å². The van der Waals surface area contributed by atoms with Crippen LogP contribution in [0.2, 0.25) is 0 Å². The molecule has 0 saturated heterocycles. The van der Waals surface area contributed by atoms with Crippen molar-refractivity contribution in [2.45, 2.75) is 26.6 Å². The Kier molecular flexibility index (Phi) is 5.18. The van der Waals surface area contributed by atoms with Crippen molar-refractivity contribution in [3.8, 4) is 5.75 Å². The highest BCUT2D eigenvalue weighted by Crippen LogP contribution is 2.25. The van der Waals surface area contributed by atoms with Crippen molar-refractivity contribution in [1.29, 1.82) is 0 Å². The average molecular weight is 309 g/mol. The third kappa shape index (κ3) is 3.96. The minimum atomic E-state index is -0.570. The fourth-order valence-corrected chi connectivity index (χ4v) is 2.49. The van der Waals surface area contributed by atoms with Gasteiger partial charge in [-0.05, 0) is 35.9 Å². The van der Waals surface area contributed by atoms with Crippen LogP contribution in [-0.4, -0.2) is 21.5 Å². The molecule has 0 amide bonds. The summed E-state index contributed by atoms with van der Waals surface area (Å²) in [5, 5.41) is 13.5. The molecule has 7 nitrogen and oxygen atoms in total. The van der Waals surface area contributed by atoms with Gasteiger partial charge in [-0.1, -0.05) is 0 Å². The molecule has 1 atom stereocenters. The zero-order valence-corrected chi connectivity index (χ0v) is 12.5. The van der Waals surface area contributed by atoms with E-state index in [2.05, 4.69) is 9.97 Å². The van der Waals surface area contributed by atoms with Crippen LogP contribution in [0.15, 0.2) is 23.7 Å². The van der Waals surface area contributed by atoms with Crippen LogP contribution < -0.4 is 4.74 Å². The number of pyridine rings is 1. The number of thiazole rings is 1. The first kappa shape index (κ1) is 15.3. The number of rotatable bonds is 7. The topological polar surface area (TPSA) is 87.4 Å². The predicted octanol–water partition coefficient (Wildman–Crippen LogP) is 3.12. The first-order valence-corrected chi connectivity index (χ1v) is 7.28. The lowest BCUT2D eigenvalue weighted by Crippen LogP contribution is -2.02. The molecule has 112 valence electrons. The number of nitro groups is 1. The van der Waals surface area contributed by atoms with Crippen LogP contribution in [-0.2, 0) is 11.3 Å². The first-order chi connectivity index (χ1) is 10.1. The molecule has 2 aromatic heterocycles. The highest BCUT2D eigenvalue weighted by Gasteiger charge is 2.16. The van der Waals surface area contributed by atoms with Crippen molar-refractivity contribution in [2.75, 3.05) is 6.61 Å².